The summed E-state index contributed by atoms with van der Waals surface area (Å²) >= 11 is 0. The summed E-state index contributed by atoms with van der Waals surface area (Å²) in [7, 11) is 1.18. The van der Waals surface area contributed by atoms with Crippen LogP contribution in [0.25, 0.3) is 0 Å². The summed E-state index contributed by atoms with van der Waals surface area (Å²) in [6.45, 7) is 5.49. The Bertz CT molecular complexity index is 767. The summed E-state index contributed by atoms with van der Waals surface area (Å²) in [6, 6.07) is 5.77. The van der Waals surface area contributed by atoms with Crippen LogP contribution in [0.1, 0.15) is 51.0 Å². The van der Waals surface area contributed by atoms with Crippen molar-refractivity contribution in [3.05, 3.63) is 23.8 Å². The molecule has 0 aromatic heterocycles. The molecule has 0 fully saturated rings. The van der Waals surface area contributed by atoms with Crippen molar-refractivity contribution in [1.82, 2.24) is 0 Å². The van der Waals surface area contributed by atoms with Crippen molar-refractivity contribution in [2.75, 3.05) is 47.5 Å². The number of rotatable bonds is 18. The number of benzene rings is 1. The van der Waals surface area contributed by atoms with E-state index >= 15 is 0 Å². The summed E-state index contributed by atoms with van der Waals surface area (Å²) in [5, 5.41) is 9.02. The minimum atomic E-state index is -4.36. The van der Waals surface area contributed by atoms with E-state index in [1.54, 1.807) is 0 Å². The minimum absolute atomic E-state index is 0. The second kappa shape index (κ2) is 16.1. The van der Waals surface area contributed by atoms with Crippen molar-refractivity contribution in [1.29, 1.82) is 0 Å². The number of carboxylic acid groups (broad SMARTS) is 1. The van der Waals surface area contributed by atoms with E-state index in [2.05, 4.69) is 6.92 Å². The Morgan fingerprint density at radius 2 is 1.53 bits per heavy atom. The van der Waals surface area contributed by atoms with E-state index in [1.807, 2.05) is 46.3 Å². The Balaban J connectivity index is 0.0000109. The van der Waals surface area contributed by atoms with Gasteiger partial charge in [0.05, 0.1) is 47.4 Å². The van der Waals surface area contributed by atoms with Crippen LogP contribution in [0.2, 0.25) is 0 Å². The third kappa shape index (κ3) is 16.0. The standard InChI is InChI=1S/C23H40NO8P.H2O/c1-6-7-8-11-29-20-14-19(2)15-21(16-20)30-12-9-10-13-31-33(27,28)32-22(17-23(25)26)18-24(3,4)5;/h14-16,22H,6-13,17-18H2,1-5H3,(H-,25,26,27,28);1H2/t22-;/m1./s1. The molecule has 2 atom stereocenters. The average Bonchev–Trinajstić information content (AvgIpc) is 2.65. The molecule has 0 aliphatic rings. The van der Waals surface area contributed by atoms with Crippen molar-refractivity contribution < 1.29 is 47.8 Å². The van der Waals surface area contributed by atoms with Crippen molar-refractivity contribution in [3.8, 4) is 11.5 Å². The van der Waals surface area contributed by atoms with Gasteiger partial charge in [0, 0.05) is 6.07 Å². The van der Waals surface area contributed by atoms with Crippen LogP contribution in [-0.2, 0) is 18.4 Å². The number of aliphatic carboxylic acids is 1. The number of unbranched alkanes of at least 4 members (excludes halogenated alkanes) is 3. The number of nitrogens with zero attached hydrogens (tertiary/aromatic N) is 1. The molecular weight excluding hydrogens is 465 g/mol. The van der Waals surface area contributed by atoms with Crippen molar-refractivity contribution in [3.63, 3.8) is 0 Å². The van der Waals surface area contributed by atoms with Gasteiger partial charge in [-0.15, -0.1) is 0 Å². The van der Waals surface area contributed by atoms with Crippen LogP contribution in [0.15, 0.2) is 18.2 Å². The van der Waals surface area contributed by atoms with Gasteiger partial charge in [-0.25, -0.2) is 4.57 Å². The SMILES string of the molecule is CCCCCOc1cc(C)cc(OCCCCOP(=O)(O)O[C@H](CC(=O)O)C[N+](C)(C)C)c1.[OH-]. The molecule has 34 heavy (non-hydrogen) atoms. The van der Waals surface area contributed by atoms with Crippen LogP contribution in [0.4, 0.5) is 0 Å². The van der Waals surface area contributed by atoms with E-state index in [9.17, 15) is 14.3 Å². The zero-order chi connectivity index (χ0) is 24.9. The van der Waals surface area contributed by atoms with Crippen molar-refractivity contribution in [2.45, 2.75) is 58.5 Å². The largest absolute Gasteiger partial charge is 0.870 e. The molecule has 11 heteroatoms. The molecule has 0 amide bonds. The topological polar surface area (TPSA) is 142 Å². The predicted molar refractivity (Wildman–Crippen MR) is 129 cm³/mol. The molecule has 0 aliphatic heterocycles. The summed E-state index contributed by atoms with van der Waals surface area (Å²) in [6.07, 6.45) is 3.09. The lowest BCUT2D eigenvalue weighted by Crippen LogP contribution is -2.42. The van der Waals surface area contributed by atoms with Crippen LogP contribution in [0, 0.1) is 6.92 Å². The molecule has 0 radical (unpaired) electrons. The number of carbonyl (C=O) groups is 1. The maximum atomic E-state index is 12.2. The predicted octanol–water partition coefficient (Wildman–Crippen LogP) is 4.23. The highest BCUT2D eigenvalue weighted by molar-refractivity contribution is 7.47. The minimum Gasteiger partial charge on any atom is -0.870 e. The van der Waals surface area contributed by atoms with Crippen LogP contribution >= 0.6 is 7.82 Å². The molecule has 0 saturated carbocycles. The maximum Gasteiger partial charge on any atom is 0.472 e. The third-order valence-corrected chi connectivity index (χ3v) is 5.61. The molecule has 1 unspecified atom stereocenters. The van der Waals surface area contributed by atoms with E-state index in [0.29, 0.717) is 30.5 Å². The van der Waals surface area contributed by atoms with Crippen LogP contribution in [0.3, 0.4) is 0 Å². The lowest BCUT2D eigenvalue weighted by atomic mass is 10.2. The molecule has 3 N–H and O–H groups in total. The highest BCUT2D eigenvalue weighted by atomic mass is 31.2. The molecule has 1 aromatic carbocycles. The molecule has 0 spiro atoms. The molecule has 0 saturated heterocycles. The van der Waals surface area contributed by atoms with Gasteiger partial charge in [0.2, 0.25) is 0 Å². The number of aryl methyl sites for hydroxylation is 1. The number of likely N-dealkylation sites (N-methyl/N-ethyl adjacent to an activating group) is 1. The fourth-order valence-electron chi connectivity index (χ4n) is 3.16. The zero-order valence-electron chi connectivity index (χ0n) is 21.1. The molecule has 0 heterocycles. The number of quaternary nitrogens is 1. The fraction of sp³-hybridized carbons (Fsp3) is 0.696. The maximum absolute atomic E-state index is 12.2. The molecular formula is C23H42NO9P. The van der Waals surface area contributed by atoms with Crippen LogP contribution in [0.5, 0.6) is 11.5 Å². The van der Waals surface area contributed by atoms with Gasteiger partial charge in [0.1, 0.15) is 24.1 Å². The van der Waals surface area contributed by atoms with Gasteiger partial charge in [0.25, 0.3) is 0 Å². The Labute approximate surface area is 203 Å². The summed E-state index contributed by atoms with van der Waals surface area (Å²) in [5.74, 6) is 0.401. The number of phosphoric ester groups is 1. The lowest BCUT2D eigenvalue weighted by molar-refractivity contribution is -0.873. The van der Waals surface area contributed by atoms with Gasteiger partial charge in [0.15, 0.2) is 0 Å². The Kier molecular flexibility index (Phi) is 15.3. The van der Waals surface area contributed by atoms with Crippen LogP contribution in [-0.4, -0.2) is 79.5 Å². The monoisotopic (exact) mass is 507 g/mol. The average molecular weight is 508 g/mol. The summed E-state index contributed by atoms with van der Waals surface area (Å²) < 4.78 is 34.3. The fourth-order valence-corrected chi connectivity index (χ4v) is 4.10. The Hall–Kier alpha value is -1.68. The number of ether oxygens (including phenoxy) is 2. The molecule has 10 nitrogen and oxygen atoms in total. The number of hydrogen-bond donors (Lipinski definition) is 2. The Morgan fingerprint density at radius 3 is 2.03 bits per heavy atom. The third-order valence-electron chi connectivity index (χ3n) is 4.54. The first-order valence-electron chi connectivity index (χ1n) is 11.5. The zero-order valence-corrected chi connectivity index (χ0v) is 22.0. The smallest absolute Gasteiger partial charge is 0.472 e. The van der Waals surface area contributed by atoms with E-state index in [-0.39, 0.29) is 25.0 Å². The first kappa shape index (κ1) is 32.3. The number of hydrogen-bond acceptors (Lipinski definition) is 7. The normalized spacial score (nSPS) is 14.1. The quantitative estimate of drug-likeness (QED) is 0.170. The highest BCUT2D eigenvalue weighted by Gasteiger charge is 2.31. The second-order valence-corrected chi connectivity index (χ2v) is 10.6. The summed E-state index contributed by atoms with van der Waals surface area (Å²) in [4.78, 5) is 21.0. The molecule has 0 aliphatic carbocycles. The van der Waals surface area contributed by atoms with E-state index in [1.165, 1.54) is 0 Å². The molecule has 0 bridgehead atoms. The van der Waals surface area contributed by atoms with E-state index < -0.39 is 19.9 Å². The van der Waals surface area contributed by atoms with Crippen molar-refractivity contribution in [2.24, 2.45) is 0 Å². The van der Waals surface area contributed by atoms with E-state index in [4.69, 9.17) is 23.6 Å². The Morgan fingerprint density at radius 1 is 1.00 bits per heavy atom. The first-order valence-corrected chi connectivity index (χ1v) is 12.9. The van der Waals surface area contributed by atoms with Gasteiger partial charge in [-0.1, -0.05) is 19.8 Å². The molecule has 1 rings (SSSR count). The first-order chi connectivity index (χ1) is 15.4. The van der Waals surface area contributed by atoms with E-state index in [0.717, 1.165) is 36.3 Å². The highest BCUT2D eigenvalue weighted by Crippen LogP contribution is 2.45. The molecule has 198 valence electrons. The number of carboxylic acids is 1. The summed E-state index contributed by atoms with van der Waals surface area (Å²) in [5.41, 5.74) is 1.05. The van der Waals surface area contributed by atoms with Crippen molar-refractivity contribution >= 4 is 13.8 Å². The lowest BCUT2D eigenvalue weighted by Gasteiger charge is -2.29. The number of phosphoric acid groups is 1. The van der Waals surface area contributed by atoms with Gasteiger partial charge in [-0.05, 0) is 43.9 Å². The molecule has 1 aromatic rings. The van der Waals surface area contributed by atoms with Gasteiger partial charge in [-0.2, -0.15) is 0 Å². The van der Waals surface area contributed by atoms with Gasteiger partial charge < -0.3 is 29.4 Å². The van der Waals surface area contributed by atoms with Gasteiger partial charge in [-0.3, -0.25) is 13.8 Å². The van der Waals surface area contributed by atoms with Crippen LogP contribution < -0.4 is 9.47 Å². The second-order valence-electron chi connectivity index (χ2n) is 9.19. The van der Waals surface area contributed by atoms with Gasteiger partial charge >= 0.3 is 13.8 Å².